The Kier molecular flexibility index (Phi) is 6.14. The molecule has 0 bridgehead atoms. The highest BCUT2D eigenvalue weighted by Crippen LogP contribution is 2.28. The summed E-state index contributed by atoms with van der Waals surface area (Å²) < 4.78 is 29.2. The number of hydrogen-bond acceptors (Lipinski definition) is 4. The molecule has 2 aromatic carbocycles. The van der Waals surface area contributed by atoms with Gasteiger partial charge in [0.1, 0.15) is 11.2 Å². The van der Waals surface area contributed by atoms with Crippen molar-refractivity contribution in [2.75, 3.05) is 19.4 Å². The molecule has 9 heteroatoms. The zero-order chi connectivity index (χ0) is 21.0. The number of aromatic nitrogens is 1. The molecule has 3 aromatic rings. The van der Waals surface area contributed by atoms with Crippen LogP contribution in [0.25, 0.3) is 10.9 Å². The first kappa shape index (κ1) is 20.8. The van der Waals surface area contributed by atoms with Crippen LogP contribution in [-0.4, -0.2) is 44.6 Å². The van der Waals surface area contributed by atoms with Gasteiger partial charge in [-0.25, -0.2) is 0 Å². The molecule has 150 valence electrons. The van der Waals surface area contributed by atoms with Gasteiger partial charge in [0.2, 0.25) is 5.91 Å². The van der Waals surface area contributed by atoms with E-state index in [1.807, 2.05) is 0 Å². The fourth-order valence-corrected chi connectivity index (χ4v) is 4.02. The summed E-state index contributed by atoms with van der Waals surface area (Å²) >= 11 is 6.11. The van der Waals surface area contributed by atoms with Crippen molar-refractivity contribution >= 4 is 50.5 Å². The van der Waals surface area contributed by atoms with Crippen LogP contribution in [0, 0.1) is 0 Å². The SMILES string of the molecule is CN(C)/C=N/S(=O)(=O)c1cc(NC(=O)Cc2ccccc2Cl)cc2ncccc12. The van der Waals surface area contributed by atoms with Crippen LogP contribution in [0.4, 0.5) is 5.69 Å². The Balaban J connectivity index is 1.97. The van der Waals surface area contributed by atoms with E-state index in [0.29, 0.717) is 27.2 Å². The zero-order valence-electron chi connectivity index (χ0n) is 15.8. The first-order chi connectivity index (χ1) is 13.8. The molecular weight excluding hydrogens is 412 g/mol. The summed E-state index contributed by atoms with van der Waals surface area (Å²) in [6.07, 6.45) is 2.82. The summed E-state index contributed by atoms with van der Waals surface area (Å²) in [5.41, 5.74) is 1.42. The van der Waals surface area contributed by atoms with Crippen LogP contribution in [0.3, 0.4) is 0 Å². The van der Waals surface area contributed by atoms with Gasteiger partial charge in [-0.05, 0) is 35.9 Å². The van der Waals surface area contributed by atoms with E-state index in [9.17, 15) is 13.2 Å². The Hall–Kier alpha value is -2.97. The molecule has 7 nitrogen and oxygen atoms in total. The van der Waals surface area contributed by atoms with E-state index >= 15 is 0 Å². The molecule has 0 aliphatic rings. The number of halogens is 1. The lowest BCUT2D eigenvalue weighted by molar-refractivity contribution is -0.115. The molecular formula is C20H19ClN4O3S. The van der Waals surface area contributed by atoms with Crippen LogP contribution in [0.15, 0.2) is 64.0 Å². The third kappa shape index (κ3) is 5.10. The number of benzene rings is 2. The summed E-state index contributed by atoms with van der Waals surface area (Å²) in [5, 5.41) is 3.64. The predicted octanol–water partition coefficient (Wildman–Crippen LogP) is 3.35. The fraction of sp³-hybridized carbons (Fsp3) is 0.150. The van der Waals surface area contributed by atoms with E-state index in [-0.39, 0.29) is 17.2 Å². The van der Waals surface area contributed by atoms with Crippen LogP contribution in [0.2, 0.25) is 5.02 Å². The molecule has 0 aliphatic heterocycles. The lowest BCUT2D eigenvalue weighted by Gasteiger charge is -2.11. The Bertz CT molecular complexity index is 1190. The standard InChI is InChI=1S/C20H19ClN4O3S/c1-25(2)13-23-29(27,28)19-12-15(11-18-16(19)7-5-9-22-18)24-20(26)10-14-6-3-4-8-17(14)21/h3-9,11-13H,10H2,1-2H3,(H,24,26)/b23-13+. The second kappa shape index (κ2) is 8.59. The largest absolute Gasteiger partial charge is 0.368 e. The zero-order valence-corrected chi connectivity index (χ0v) is 17.4. The number of hydrogen-bond donors (Lipinski definition) is 1. The quantitative estimate of drug-likeness (QED) is 0.478. The molecule has 0 unspecified atom stereocenters. The van der Waals surface area contributed by atoms with Gasteiger partial charge in [0.15, 0.2) is 0 Å². The van der Waals surface area contributed by atoms with Gasteiger partial charge in [-0.1, -0.05) is 29.8 Å². The highest BCUT2D eigenvalue weighted by Gasteiger charge is 2.19. The van der Waals surface area contributed by atoms with Crippen LogP contribution in [-0.2, 0) is 21.2 Å². The fourth-order valence-electron chi connectivity index (χ4n) is 2.67. The van der Waals surface area contributed by atoms with E-state index in [4.69, 9.17) is 11.6 Å². The second-order valence-electron chi connectivity index (χ2n) is 6.52. The van der Waals surface area contributed by atoms with Crippen molar-refractivity contribution in [3.63, 3.8) is 0 Å². The van der Waals surface area contributed by atoms with E-state index in [1.54, 1.807) is 62.8 Å². The van der Waals surface area contributed by atoms with Gasteiger partial charge >= 0.3 is 0 Å². The lowest BCUT2D eigenvalue weighted by atomic mass is 10.1. The minimum absolute atomic E-state index is 0.0331. The Labute approximate surface area is 174 Å². The van der Waals surface area contributed by atoms with Crippen LogP contribution < -0.4 is 5.32 Å². The number of carbonyl (C=O) groups excluding carboxylic acids is 1. The van der Waals surface area contributed by atoms with Crippen LogP contribution in [0.5, 0.6) is 0 Å². The van der Waals surface area contributed by atoms with Gasteiger partial charge in [0.25, 0.3) is 10.0 Å². The average Bonchev–Trinajstić information content (AvgIpc) is 2.67. The molecule has 0 radical (unpaired) electrons. The normalized spacial score (nSPS) is 11.7. The number of pyridine rings is 1. The summed E-state index contributed by atoms with van der Waals surface area (Å²) in [7, 11) is -0.649. The van der Waals surface area contributed by atoms with E-state index in [1.165, 1.54) is 17.3 Å². The van der Waals surface area contributed by atoms with Gasteiger partial charge in [-0.15, -0.1) is 4.40 Å². The monoisotopic (exact) mass is 430 g/mol. The molecule has 0 spiro atoms. The van der Waals surface area contributed by atoms with Crippen molar-refractivity contribution in [3.8, 4) is 0 Å². The number of nitrogens with zero attached hydrogens (tertiary/aromatic N) is 3. The average molecular weight is 431 g/mol. The molecule has 3 rings (SSSR count). The molecule has 29 heavy (non-hydrogen) atoms. The number of carbonyl (C=O) groups is 1. The number of anilines is 1. The molecule has 1 amide bonds. The second-order valence-corrected chi connectivity index (χ2v) is 8.53. The first-order valence-electron chi connectivity index (χ1n) is 8.65. The molecule has 1 aromatic heterocycles. The highest BCUT2D eigenvalue weighted by molar-refractivity contribution is 7.90. The minimum Gasteiger partial charge on any atom is -0.368 e. The Morgan fingerprint density at radius 2 is 1.97 bits per heavy atom. The van der Waals surface area contributed by atoms with E-state index in [0.717, 1.165) is 0 Å². The lowest BCUT2D eigenvalue weighted by Crippen LogP contribution is -2.15. The number of fused-ring (bicyclic) bond motifs is 1. The molecule has 0 saturated heterocycles. The molecule has 0 saturated carbocycles. The number of amides is 1. The van der Waals surface area contributed by atoms with Crippen LogP contribution in [0.1, 0.15) is 5.56 Å². The Morgan fingerprint density at radius 1 is 1.21 bits per heavy atom. The molecule has 0 fully saturated rings. The highest BCUT2D eigenvalue weighted by atomic mass is 35.5. The Morgan fingerprint density at radius 3 is 2.69 bits per heavy atom. The van der Waals surface area contributed by atoms with Crippen molar-refractivity contribution < 1.29 is 13.2 Å². The van der Waals surface area contributed by atoms with Crippen molar-refractivity contribution in [2.24, 2.45) is 4.40 Å². The minimum atomic E-state index is -3.99. The van der Waals surface area contributed by atoms with Gasteiger partial charge in [-0.2, -0.15) is 8.42 Å². The molecule has 0 aliphatic carbocycles. The van der Waals surface area contributed by atoms with Gasteiger partial charge in [0.05, 0.1) is 11.9 Å². The van der Waals surface area contributed by atoms with Gasteiger partial charge < -0.3 is 10.2 Å². The maximum absolute atomic E-state index is 12.7. The van der Waals surface area contributed by atoms with Crippen molar-refractivity contribution in [2.45, 2.75) is 11.3 Å². The summed E-state index contributed by atoms with van der Waals surface area (Å²) in [4.78, 5) is 18.2. The third-order valence-electron chi connectivity index (χ3n) is 3.97. The van der Waals surface area contributed by atoms with E-state index in [2.05, 4.69) is 14.7 Å². The number of rotatable bonds is 6. The molecule has 1 N–H and O–H groups in total. The third-order valence-corrected chi connectivity index (χ3v) is 5.60. The molecule has 0 atom stereocenters. The van der Waals surface area contributed by atoms with Crippen molar-refractivity contribution in [1.29, 1.82) is 0 Å². The van der Waals surface area contributed by atoms with Gasteiger partial charge in [-0.3, -0.25) is 9.78 Å². The van der Waals surface area contributed by atoms with Gasteiger partial charge in [0, 0.05) is 36.4 Å². The van der Waals surface area contributed by atoms with Crippen molar-refractivity contribution in [3.05, 3.63) is 65.3 Å². The predicted molar refractivity (Wildman–Crippen MR) is 115 cm³/mol. The van der Waals surface area contributed by atoms with Crippen molar-refractivity contribution in [1.82, 2.24) is 9.88 Å². The number of nitrogens with one attached hydrogen (secondary N) is 1. The maximum atomic E-state index is 12.7. The summed E-state index contributed by atoms with van der Waals surface area (Å²) in [6, 6.07) is 13.3. The summed E-state index contributed by atoms with van der Waals surface area (Å²) in [6.45, 7) is 0. The first-order valence-corrected chi connectivity index (χ1v) is 10.5. The van der Waals surface area contributed by atoms with Crippen LogP contribution >= 0.6 is 11.6 Å². The topological polar surface area (TPSA) is 91.7 Å². The van der Waals surface area contributed by atoms with E-state index < -0.39 is 10.0 Å². The smallest absolute Gasteiger partial charge is 0.284 e. The maximum Gasteiger partial charge on any atom is 0.284 e. The number of sulfonamides is 1. The summed E-state index contributed by atoms with van der Waals surface area (Å²) in [5.74, 6) is -0.325. The molecule has 1 heterocycles.